The Hall–Kier alpha value is -3.15. The van der Waals surface area contributed by atoms with Gasteiger partial charge in [-0.15, -0.1) is 0 Å². The van der Waals surface area contributed by atoms with Gasteiger partial charge < -0.3 is 29.7 Å². The van der Waals surface area contributed by atoms with E-state index in [2.05, 4.69) is 56.3 Å². The summed E-state index contributed by atoms with van der Waals surface area (Å²) < 4.78 is 17.2. The maximum Gasteiger partial charge on any atom is 0.235 e. The number of nitrogens with zero attached hydrogens (tertiary/aromatic N) is 3. The maximum absolute atomic E-state index is 13.2. The van der Waals surface area contributed by atoms with Crippen LogP contribution in [0, 0.1) is 17.8 Å². The highest BCUT2D eigenvalue weighted by Gasteiger charge is 2.67. The summed E-state index contributed by atoms with van der Waals surface area (Å²) in [7, 11) is 3.35. The number of carbonyl (C=O) groups is 1. The average molecular weight is 550 g/mol. The van der Waals surface area contributed by atoms with Gasteiger partial charge >= 0.3 is 0 Å². The Morgan fingerprint density at radius 3 is 2.70 bits per heavy atom. The molecule has 0 bridgehead atoms. The molecule has 0 radical (unpaired) electrons. The topological polar surface area (TPSA) is 122 Å². The SMILES string of the molecule is COc1ccc2c(c1)[C@]1(C[C@H]1C1CCC3C(C1)NNC3Nc1ncnc(N3C[C@@H](C)O[C@@H](C)C3)c1OC)C(=O)N2. The number of benzene rings is 1. The number of hydrogen-bond acceptors (Lipinski definition) is 10. The number of methoxy groups -OCH3 is 2. The molecule has 4 unspecified atom stereocenters. The third-order valence-electron chi connectivity index (χ3n) is 9.74. The van der Waals surface area contributed by atoms with Crippen LogP contribution in [0.25, 0.3) is 0 Å². The fraction of sp³-hybridized carbons (Fsp3) is 0.621. The summed E-state index contributed by atoms with van der Waals surface area (Å²) in [6.45, 7) is 5.67. The number of carbonyl (C=O) groups excluding carboxylic acids is 1. The van der Waals surface area contributed by atoms with Gasteiger partial charge in [0.15, 0.2) is 11.6 Å². The monoisotopic (exact) mass is 549 g/mol. The molecule has 1 aromatic carbocycles. The minimum absolute atomic E-state index is 0.0121. The standard InChI is InChI=1S/C29H39N7O4/c1-15-12-36(13-16(2)40-15)27-24(39-4)26(30-14-31-27)33-25-19-7-5-17(9-23(19)34-35-25)21-11-29(21)20-10-18(38-3)6-8-22(20)32-28(29)37/h6,8,10,14-17,19,21,23,25,34-35H,5,7,9,11-13H2,1-4H3,(H,32,37)(H,30,31,33)/t15-,16+,17?,19?,21-,23?,25?,29-/m0/s1. The van der Waals surface area contributed by atoms with Crippen LogP contribution in [-0.2, 0) is 14.9 Å². The van der Waals surface area contributed by atoms with Crippen molar-refractivity contribution in [2.75, 3.05) is 42.8 Å². The number of anilines is 3. The Morgan fingerprint density at radius 1 is 1.10 bits per heavy atom. The molecular weight excluding hydrogens is 510 g/mol. The first-order chi connectivity index (χ1) is 19.4. The lowest BCUT2D eigenvalue weighted by molar-refractivity contribution is -0.118. The normalized spacial score (nSPS) is 36.1. The Balaban J connectivity index is 1.04. The van der Waals surface area contributed by atoms with Crippen molar-refractivity contribution in [3.63, 3.8) is 0 Å². The van der Waals surface area contributed by atoms with Gasteiger partial charge in [-0.2, -0.15) is 0 Å². The molecule has 4 N–H and O–H groups in total. The van der Waals surface area contributed by atoms with Gasteiger partial charge in [0.25, 0.3) is 0 Å². The van der Waals surface area contributed by atoms with Gasteiger partial charge in [-0.25, -0.2) is 15.4 Å². The predicted molar refractivity (Wildman–Crippen MR) is 151 cm³/mol. The smallest absolute Gasteiger partial charge is 0.235 e. The molecule has 2 saturated heterocycles. The second kappa shape index (κ2) is 9.74. The molecule has 11 heteroatoms. The van der Waals surface area contributed by atoms with Crippen LogP contribution in [0.15, 0.2) is 24.5 Å². The van der Waals surface area contributed by atoms with Crippen molar-refractivity contribution in [2.45, 2.75) is 69.4 Å². The van der Waals surface area contributed by atoms with Crippen molar-refractivity contribution in [1.29, 1.82) is 0 Å². The van der Waals surface area contributed by atoms with Gasteiger partial charge in [0.05, 0.1) is 38.0 Å². The van der Waals surface area contributed by atoms with E-state index in [1.807, 2.05) is 12.1 Å². The predicted octanol–water partition coefficient (Wildman–Crippen LogP) is 2.65. The van der Waals surface area contributed by atoms with Gasteiger partial charge in [0.1, 0.15) is 12.1 Å². The molecule has 40 heavy (non-hydrogen) atoms. The molecule has 7 rings (SSSR count). The van der Waals surface area contributed by atoms with Gasteiger partial charge in [0, 0.05) is 30.7 Å². The highest BCUT2D eigenvalue weighted by atomic mass is 16.5. The molecule has 8 atom stereocenters. The zero-order valence-corrected chi connectivity index (χ0v) is 23.6. The average Bonchev–Trinajstić information content (AvgIpc) is 3.50. The summed E-state index contributed by atoms with van der Waals surface area (Å²) in [5, 5.41) is 6.75. The van der Waals surface area contributed by atoms with E-state index in [-0.39, 0.29) is 24.3 Å². The van der Waals surface area contributed by atoms with Crippen LogP contribution in [0.1, 0.15) is 45.1 Å². The highest BCUT2D eigenvalue weighted by molar-refractivity contribution is 6.09. The fourth-order valence-corrected chi connectivity index (χ4v) is 7.89. The van der Waals surface area contributed by atoms with Crippen LogP contribution in [-0.4, -0.2) is 67.6 Å². The Kier molecular flexibility index (Phi) is 6.28. The highest BCUT2D eigenvalue weighted by Crippen LogP contribution is 2.65. The summed E-state index contributed by atoms with van der Waals surface area (Å²) in [6, 6.07) is 6.25. The van der Waals surface area contributed by atoms with E-state index in [0.29, 0.717) is 35.4 Å². The van der Waals surface area contributed by atoms with Crippen molar-refractivity contribution in [3.8, 4) is 11.5 Å². The number of amides is 1. The molecule has 11 nitrogen and oxygen atoms in total. The van der Waals surface area contributed by atoms with Gasteiger partial charge in [-0.1, -0.05) is 0 Å². The minimum atomic E-state index is -0.399. The molecule has 1 amide bonds. The second-order valence-electron chi connectivity index (χ2n) is 12.1. The van der Waals surface area contributed by atoms with Gasteiger partial charge in [0.2, 0.25) is 11.7 Å². The third kappa shape index (κ3) is 4.09. The summed E-state index contributed by atoms with van der Waals surface area (Å²) in [5.74, 6) is 4.33. The van der Waals surface area contributed by atoms with Crippen molar-refractivity contribution >= 4 is 23.2 Å². The van der Waals surface area contributed by atoms with E-state index in [1.165, 1.54) is 0 Å². The minimum Gasteiger partial charge on any atom is -0.497 e. The first kappa shape index (κ1) is 25.8. The maximum atomic E-state index is 13.2. The van der Waals surface area contributed by atoms with Crippen LogP contribution in [0.5, 0.6) is 11.5 Å². The number of morpholine rings is 1. The quantitative estimate of drug-likeness (QED) is 0.428. The molecule has 2 saturated carbocycles. The first-order valence-electron chi connectivity index (χ1n) is 14.5. The molecule has 2 aromatic rings. The summed E-state index contributed by atoms with van der Waals surface area (Å²) in [4.78, 5) is 24.5. The molecule has 2 aliphatic carbocycles. The van der Waals surface area contributed by atoms with Crippen molar-refractivity contribution in [1.82, 2.24) is 20.8 Å². The molecule has 1 spiro atoms. The van der Waals surface area contributed by atoms with E-state index < -0.39 is 5.41 Å². The largest absolute Gasteiger partial charge is 0.497 e. The van der Waals surface area contributed by atoms with Crippen LogP contribution < -0.4 is 35.9 Å². The van der Waals surface area contributed by atoms with Crippen LogP contribution in [0.2, 0.25) is 0 Å². The molecule has 3 aliphatic heterocycles. The first-order valence-corrected chi connectivity index (χ1v) is 14.5. The van der Waals surface area contributed by atoms with Crippen molar-refractivity contribution in [3.05, 3.63) is 30.1 Å². The summed E-state index contributed by atoms with van der Waals surface area (Å²) >= 11 is 0. The lowest BCUT2D eigenvalue weighted by Gasteiger charge is -2.37. The Morgan fingerprint density at radius 2 is 1.93 bits per heavy atom. The van der Waals surface area contributed by atoms with Crippen molar-refractivity contribution < 1.29 is 19.0 Å². The van der Waals surface area contributed by atoms with Crippen LogP contribution >= 0.6 is 0 Å². The Labute approximate surface area is 234 Å². The van der Waals surface area contributed by atoms with Crippen LogP contribution in [0.4, 0.5) is 17.3 Å². The summed E-state index contributed by atoms with van der Waals surface area (Å²) in [5.41, 5.74) is 8.68. The van der Waals surface area contributed by atoms with E-state index in [1.54, 1.807) is 20.5 Å². The second-order valence-corrected chi connectivity index (χ2v) is 12.1. The van der Waals surface area contributed by atoms with E-state index in [0.717, 1.165) is 61.6 Å². The molecule has 4 heterocycles. The number of aromatic nitrogens is 2. The lowest BCUT2D eigenvalue weighted by Crippen LogP contribution is -2.46. The number of ether oxygens (including phenoxy) is 3. The number of fused-ring (bicyclic) bond motifs is 3. The molecule has 5 aliphatic rings. The van der Waals surface area contributed by atoms with Gasteiger partial charge in [-0.3, -0.25) is 10.2 Å². The Bertz CT molecular complexity index is 1300. The van der Waals surface area contributed by atoms with E-state index >= 15 is 0 Å². The lowest BCUT2D eigenvalue weighted by atomic mass is 9.74. The molecule has 1 aromatic heterocycles. The fourth-order valence-electron chi connectivity index (χ4n) is 7.89. The van der Waals surface area contributed by atoms with Gasteiger partial charge in [-0.05, 0) is 75.1 Å². The van der Waals surface area contributed by atoms with Crippen LogP contribution in [0.3, 0.4) is 0 Å². The zero-order valence-electron chi connectivity index (χ0n) is 23.6. The number of hydrogen-bond donors (Lipinski definition) is 4. The third-order valence-corrected chi connectivity index (χ3v) is 9.74. The number of rotatable bonds is 6. The zero-order chi connectivity index (χ0) is 27.6. The summed E-state index contributed by atoms with van der Waals surface area (Å²) in [6.07, 6.45) is 5.95. The molecule has 4 fully saturated rings. The molecular formula is C29H39N7O4. The van der Waals surface area contributed by atoms with Crippen molar-refractivity contribution in [2.24, 2.45) is 17.8 Å². The number of nitrogens with one attached hydrogen (secondary N) is 4. The molecule has 214 valence electrons. The van der Waals surface area contributed by atoms with E-state index in [4.69, 9.17) is 14.2 Å². The van der Waals surface area contributed by atoms with E-state index in [9.17, 15) is 4.79 Å². The number of hydrazine groups is 1.